The van der Waals surface area contributed by atoms with Crippen LogP contribution in [0.25, 0.3) is 11.0 Å². The van der Waals surface area contributed by atoms with Gasteiger partial charge in [0.25, 0.3) is 5.91 Å². The van der Waals surface area contributed by atoms with Crippen LogP contribution in [0.1, 0.15) is 13.3 Å². The molecular formula is C19H16Cl2N4O2. The van der Waals surface area contributed by atoms with Gasteiger partial charge in [0.05, 0.1) is 33.2 Å². The molecule has 1 aromatic heterocycles. The summed E-state index contributed by atoms with van der Waals surface area (Å²) in [6.45, 7) is 2.68. The molecule has 1 aliphatic rings. The van der Waals surface area contributed by atoms with Crippen LogP contribution in [0.15, 0.2) is 42.5 Å². The van der Waals surface area contributed by atoms with E-state index in [0.717, 1.165) is 15.9 Å². The second-order valence-electron chi connectivity index (χ2n) is 6.21. The van der Waals surface area contributed by atoms with E-state index in [2.05, 4.69) is 10.3 Å². The molecule has 1 unspecified atom stereocenters. The minimum absolute atomic E-state index is 0.00725. The molecular weight excluding hydrogens is 387 g/mol. The second kappa shape index (κ2) is 6.87. The van der Waals surface area contributed by atoms with Crippen molar-refractivity contribution in [3.8, 4) is 0 Å². The molecule has 1 N–H and O–H groups in total. The molecule has 4 rings (SSSR count). The van der Waals surface area contributed by atoms with Crippen molar-refractivity contribution in [3.63, 3.8) is 0 Å². The minimum atomic E-state index is -0.730. The Kier molecular flexibility index (Phi) is 4.53. The fourth-order valence-electron chi connectivity index (χ4n) is 3.34. The first-order valence-corrected chi connectivity index (χ1v) is 9.29. The van der Waals surface area contributed by atoms with E-state index in [-0.39, 0.29) is 28.1 Å². The van der Waals surface area contributed by atoms with Gasteiger partial charge in [-0.05, 0) is 31.2 Å². The molecule has 1 saturated heterocycles. The highest BCUT2D eigenvalue weighted by atomic mass is 35.5. The summed E-state index contributed by atoms with van der Waals surface area (Å²) in [4.78, 5) is 31.1. The number of benzene rings is 2. The molecule has 3 aromatic rings. The number of amides is 2. The molecule has 27 heavy (non-hydrogen) atoms. The molecule has 2 heterocycles. The smallest absolute Gasteiger partial charge is 0.256 e. The number of aromatic nitrogens is 2. The third-order valence-electron chi connectivity index (χ3n) is 4.58. The Morgan fingerprint density at radius 2 is 1.81 bits per heavy atom. The summed E-state index contributed by atoms with van der Waals surface area (Å²) < 4.78 is 1.97. The summed E-state index contributed by atoms with van der Waals surface area (Å²) in [6, 6.07) is 11.8. The van der Waals surface area contributed by atoms with Gasteiger partial charge in [0.15, 0.2) is 0 Å². The topological polar surface area (TPSA) is 67.2 Å². The first-order chi connectivity index (χ1) is 13.0. The van der Waals surface area contributed by atoms with Crippen LogP contribution in [0, 0.1) is 0 Å². The van der Waals surface area contributed by atoms with E-state index in [9.17, 15) is 9.59 Å². The van der Waals surface area contributed by atoms with Gasteiger partial charge in [0.1, 0.15) is 6.04 Å². The molecule has 0 bridgehead atoms. The predicted molar refractivity (Wildman–Crippen MR) is 106 cm³/mol. The summed E-state index contributed by atoms with van der Waals surface area (Å²) in [7, 11) is 0. The SMILES string of the molecule is CCn1c(NC2CC(=O)N(c3c(Cl)cccc3Cl)C2=O)nc2ccccc21. The van der Waals surface area contributed by atoms with E-state index in [0.29, 0.717) is 12.5 Å². The number of para-hydroxylation sites is 3. The van der Waals surface area contributed by atoms with Gasteiger partial charge in [-0.1, -0.05) is 41.4 Å². The van der Waals surface area contributed by atoms with Crippen LogP contribution in [-0.2, 0) is 16.1 Å². The van der Waals surface area contributed by atoms with Gasteiger partial charge < -0.3 is 9.88 Å². The molecule has 0 saturated carbocycles. The fourth-order valence-corrected chi connectivity index (χ4v) is 3.91. The molecule has 1 atom stereocenters. The number of aryl methyl sites for hydroxylation is 1. The largest absolute Gasteiger partial charge is 0.343 e. The normalized spacial score (nSPS) is 17.1. The first-order valence-electron chi connectivity index (χ1n) is 8.54. The van der Waals surface area contributed by atoms with Gasteiger partial charge in [0, 0.05) is 6.54 Å². The highest BCUT2D eigenvalue weighted by Crippen LogP contribution is 2.37. The molecule has 138 valence electrons. The zero-order valence-electron chi connectivity index (χ0n) is 14.4. The Labute approximate surface area is 165 Å². The number of halogens is 2. The molecule has 2 amide bonds. The van der Waals surface area contributed by atoms with E-state index in [1.807, 2.05) is 35.8 Å². The fraction of sp³-hybridized carbons (Fsp3) is 0.211. The number of rotatable bonds is 4. The summed E-state index contributed by atoms with van der Waals surface area (Å²) >= 11 is 12.4. The Bertz CT molecular complexity index is 1040. The Balaban J connectivity index is 1.67. The molecule has 0 spiro atoms. The van der Waals surface area contributed by atoms with Crippen LogP contribution in [0.5, 0.6) is 0 Å². The van der Waals surface area contributed by atoms with Crippen molar-refractivity contribution in [2.75, 3.05) is 10.2 Å². The summed E-state index contributed by atoms with van der Waals surface area (Å²) in [5.41, 5.74) is 2.01. The third-order valence-corrected chi connectivity index (χ3v) is 5.19. The Hall–Kier alpha value is -2.57. The third kappa shape index (κ3) is 2.95. The maximum atomic E-state index is 12.9. The van der Waals surface area contributed by atoms with E-state index in [4.69, 9.17) is 23.2 Å². The second-order valence-corrected chi connectivity index (χ2v) is 7.02. The van der Waals surface area contributed by atoms with E-state index in [1.54, 1.807) is 18.2 Å². The van der Waals surface area contributed by atoms with Gasteiger partial charge >= 0.3 is 0 Å². The number of fused-ring (bicyclic) bond motifs is 1. The zero-order chi connectivity index (χ0) is 19.1. The monoisotopic (exact) mass is 402 g/mol. The highest BCUT2D eigenvalue weighted by molar-refractivity contribution is 6.42. The van der Waals surface area contributed by atoms with Crippen molar-refractivity contribution in [2.24, 2.45) is 0 Å². The molecule has 1 aliphatic heterocycles. The lowest BCUT2D eigenvalue weighted by Gasteiger charge is -2.18. The molecule has 2 aromatic carbocycles. The molecule has 0 radical (unpaired) electrons. The maximum Gasteiger partial charge on any atom is 0.256 e. The average Bonchev–Trinajstić information content (AvgIpc) is 3.13. The Morgan fingerprint density at radius 3 is 2.52 bits per heavy atom. The number of nitrogens with one attached hydrogen (secondary N) is 1. The van der Waals surface area contributed by atoms with Gasteiger partial charge in [-0.3, -0.25) is 9.59 Å². The minimum Gasteiger partial charge on any atom is -0.343 e. The van der Waals surface area contributed by atoms with E-state index in [1.165, 1.54) is 0 Å². The van der Waals surface area contributed by atoms with Crippen molar-refractivity contribution in [3.05, 3.63) is 52.5 Å². The lowest BCUT2D eigenvalue weighted by atomic mass is 10.2. The number of imide groups is 1. The van der Waals surface area contributed by atoms with Gasteiger partial charge in [0.2, 0.25) is 11.9 Å². The molecule has 6 nitrogen and oxygen atoms in total. The van der Waals surface area contributed by atoms with E-state index < -0.39 is 11.9 Å². The Morgan fingerprint density at radius 1 is 1.11 bits per heavy atom. The van der Waals surface area contributed by atoms with Crippen molar-refractivity contribution in [2.45, 2.75) is 25.9 Å². The van der Waals surface area contributed by atoms with Crippen LogP contribution in [0.4, 0.5) is 11.6 Å². The van der Waals surface area contributed by atoms with E-state index >= 15 is 0 Å². The first kappa shape index (κ1) is 17.8. The van der Waals surface area contributed by atoms with Crippen LogP contribution in [0.3, 0.4) is 0 Å². The summed E-state index contributed by atoms with van der Waals surface area (Å²) in [6.07, 6.45) is 0.00725. The number of anilines is 2. The summed E-state index contributed by atoms with van der Waals surface area (Å²) in [5, 5.41) is 3.63. The zero-order valence-corrected chi connectivity index (χ0v) is 16.0. The number of nitrogens with zero attached hydrogens (tertiary/aromatic N) is 3. The van der Waals surface area contributed by atoms with Gasteiger partial charge in [-0.2, -0.15) is 0 Å². The number of hydrogen-bond donors (Lipinski definition) is 1. The maximum absolute atomic E-state index is 12.9. The summed E-state index contributed by atoms with van der Waals surface area (Å²) in [5.74, 6) is -0.201. The number of imidazole rings is 1. The number of carbonyl (C=O) groups is 2. The lowest BCUT2D eigenvalue weighted by molar-refractivity contribution is -0.121. The van der Waals surface area contributed by atoms with Crippen LogP contribution in [-0.4, -0.2) is 27.4 Å². The number of hydrogen-bond acceptors (Lipinski definition) is 4. The predicted octanol–water partition coefficient (Wildman–Crippen LogP) is 4.11. The van der Waals surface area contributed by atoms with Gasteiger partial charge in [-0.25, -0.2) is 9.88 Å². The van der Waals surface area contributed by atoms with Crippen molar-refractivity contribution in [1.82, 2.24) is 9.55 Å². The van der Waals surface area contributed by atoms with Crippen LogP contribution >= 0.6 is 23.2 Å². The van der Waals surface area contributed by atoms with Gasteiger partial charge in [-0.15, -0.1) is 0 Å². The highest BCUT2D eigenvalue weighted by Gasteiger charge is 2.41. The molecule has 1 fully saturated rings. The lowest BCUT2D eigenvalue weighted by Crippen LogP contribution is -2.35. The van der Waals surface area contributed by atoms with Crippen LogP contribution in [0.2, 0.25) is 10.0 Å². The molecule has 0 aliphatic carbocycles. The standard InChI is InChI=1S/C19H16Cl2N4O2/c1-2-24-15-9-4-3-8-13(15)22-19(24)23-14-10-16(26)25(18(14)27)17-11(20)6-5-7-12(17)21/h3-9,14H,2,10H2,1H3,(H,22,23). The number of carbonyl (C=O) groups excluding carboxylic acids is 2. The molecule has 8 heteroatoms. The quantitative estimate of drug-likeness (QED) is 0.666. The van der Waals surface area contributed by atoms with Crippen molar-refractivity contribution in [1.29, 1.82) is 0 Å². The average molecular weight is 403 g/mol. The van der Waals surface area contributed by atoms with Crippen molar-refractivity contribution < 1.29 is 9.59 Å². The van der Waals surface area contributed by atoms with Crippen molar-refractivity contribution >= 4 is 57.7 Å². The van der Waals surface area contributed by atoms with Crippen LogP contribution < -0.4 is 10.2 Å².